The van der Waals surface area contributed by atoms with Gasteiger partial charge in [-0.05, 0) is 43.5 Å². The Bertz CT molecular complexity index is 776. The average Bonchev–Trinajstić information content (AvgIpc) is 2.95. The third-order valence-electron chi connectivity index (χ3n) is 3.42. The molecule has 0 spiro atoms. The molecule has 0 saturated heterocycles. The van der Waals surface area contributed by atoms with Crippen molar-refractivity contribution in [1.29, 1.82) is 0 Å². The van der Waals surface area contributed by atoms with Crippen LogP contribution in [0, 0.1) is 20.8 Å². The molecule has 0 aliphatic rings. The van der Waals surface area contributed by atoms with Crippen LogP contribution in [0.2, 0.25) is 0 Å². The van der Waals surface area contributed by atoms with Crippen molar-refractivity contribution in [3.05, 3.63) is 46.1 Å². The van der Waals surface area contributed by atoms with Gasteiger partial charge in [-0.2, -0.15) is 4.98 Å². The lowest BCUT2D eigenvalue weighted by Crippen LogP contribution is -1.95. The standard InChI is InChI=1S/C15H15ClN2OS/c1-9-6-10(2)11(3)13(7-9)19-14-12(8-16)18-4-5-20-15(18)17-14/h4-7H,8H2,1-3H3. The Hall–Kier alpha value is -1.52. The minimum absolute atomic E-state index is 0.372. The zero-order valence-electron chi connectivity index (χ0n) is 11.6. The molecule has 2 heterocycles. The molecule has 0 unspecified atom stereocenters. The molecule has 0 radical (unpaired) electrons. The number of nitrogens with zero attached hydrogens (tertiary/aromatic N) is 2. The summed E-state index contributed by atoms with van der Waals surface area (Å²) in [6, 6.07) is 4.18. The first kappa shape index (κ1) is 13.5. The first-order chi connectivity index (χ1) is 9.60. The summed E-state index contributed by atoms with van der Waals surface area (Å²) in [5.41, 5.74) is 4.42. The molecule has 3 nitrogen and oxygen atoms in total. The fraction of sp³-hybridized carbons (Fsp3) is 0.267. The lowest BCUT2D eigenvalue weighted by molar-refractivity contribution is 0.457. The quantitative estimate of drug-likeness (QED) is 0.646. The zero-order chi connectivity index (χ0) is 14.3. The van der Waals surface area contributed by atoms with Crippen LogP contribution in [0.4, 0.5) is 0 Å². The molecule has 0 saturated carbocycles. The maximum Gasteiger partial charge on any atom is 0.243 e. The number of hydrogen-bond acceptors (Lipinski definition) is 3. The van der Waals surface area contributed by atoms with E-state index in [9.17, 15) is 0 Å². The van der Waals surface area contributed by atoms with Crippen molar-refractivity contribution in [2.24, 2.45) is 0 Å². The Balaban J connectivity index is 2.07. The van der Waals surface area contributed by atoms with Gasteiger partial charge in [0.25, 0.3) is 0 Å². The van der Waals surface area contributed by atoms with Crippen molar-refractivity contribution >= 4 is 27.9 Å². The van der Waals surface area contributed by atoms with E-state index >= 15 is 0 Å². The Morgan fingerprint density at radius 2 is 2.10 bits per heavy atom. The topological polar surface area (TPSA) is 26.5 Å². The largest absolute Gasteiger partial charge is 0.437 e. The van der Waals surface area contributed by atoms with Gasteiger partial charge in [0.05, 0.1) is 5.88 Å². The van der Waals surface area contributed by atoms with Gasteiger partial charge in [-0.3, -0.25) is 4.40 Å². The van der Waals surface area contributed by atoms with Crippen LogP contribution in [-0.4, -0.2) is 9.38 Å². The summed E-state index contributed by atoms with van der Waals surface area (Å²) in [7, 11) is 0. The van der Waals surface area contributed by atoms with Gasteiger partial charge in [-0.15, -0.1) is 22.9 Å². The smallest absolute Gasteiger partial charge is 0.243 e. The molecule has 104 valence electrons. The van der Waals surface area contributed by atoms with E-state index in [4.69, 9.17) is 16.3 Å². The minimum atomic E-state index is 0.372. The predicted octanol–water partition coefficient (Wildman–Crippen LogP) is 4.85. The Morgan fingerprint density at radius 3 is 2.85 bits per heavy atom. The Morgan fingerprint density at radius 1 is 1.30 bits per heavy atom. The van der Waals surface area contributed by atoms with Gasteiger partial charge in [0.1, 0.15) is 11.4 Å². The monoisotopic (exact) mass is 306 g/mol. The van der Waals surface area contributed by atoms with Crippen LogP contribution in [0.25, 0.3) is 4.96 Å². The number of fused-ring (bicyclic) bond motifs is 1. The van der Waals surface area contributed by atoms with Crippen LogP contribution in [0.15, 0.2) is 23.7 Å². The van der Waals surface area contributed by atoms with Gasteiger partial charge in [0.15, 0.2) is 4.96 Å². The molecule has 5 heteroatoms. The number of hydrogen-bond donors (Lipinski definition) is 0. The van der Waals surface area contributed by atoms with Crippen LogP contribution in [0.3, 0.4) is 0 Å². The molecule has 0 bridgehead atoms. The van der Waals surface area contributed by atoms with Gasteiger partial charge < -0.3 is 4.74 Å². The lowest BCUT2D eigenvalue weighted by Gasteiger charge is -2.11. The van der Waals surface area contributed by atoms with Crippen molar-refractivity contribution in [2.75, 3.05) is 0 Å². The van der Waals surface area contributed by atoms with Crippen LogP contribution < -0.4 is 4.74 Å². The van der Waals surface area contributed by atoms with E-state index in [0.717, 1.165) is 22.0 Å². The van der Waals surface area contributed by atoms with Gasteiger partial charge >= 0.3 is 0 Å². The SMILES string of the molecule is Cc1cc(C)c(C)c(Oc2nc3sccn3c2CCl)c1. The molecule has 3 aromatic rings. The number of halogens is 1. The molecule has 0 N–H and O–H groups in total. The highest BCUT2D eigenvalue weighted by Gasteiger charge is 2.15. The van der Waals surface area contributed by atoms with E-state index in [2.05, 4.69) is 31.8 Å². The number of ether oxygens (including phenoxy) is 1. The molecule has 0 fully saturated rings. The molecule has 1 aromatic carbocycles. The summed E-state index contributed by atoms with van der Waals surface area (Å²) in [6.07, 6.45) is 1.96. The first-order valence-corrected chi connectivity index (χ1v) is 7.77. The van der Waals surface area contributed by atoms with Gasteiger partial charge in [0, 0.05) is 11.6 Å². The number of benzene rings is 1. The fourth-order valence-corrected chi connectivity index (χ4v) is 3.19. The summed E-state index contributed by atoms with van der Waals surface area (Å²) in [5.74, 6) is 1.82. The van der Waals surface area contributed by atoms with Gasteiger partial charge in [0.2, 0.25) is 5.88 Å². The Labute approximate surface area is 126 Å². The maximum atomic E-state index is 6.04. The predicted molar refractivity (Wildman–Crippen MR) is 83.4 cm³/mol. The number of aromatic nitrogens is 2. The van der Waals surface area contributed by atoms with Crippen LogP contribution in [0.5, 0.6) is 11.6 Å². The molecule has 0 atom stereocenters. The van der Waals surface area contributed by atoms with Crippen LogP contribution in [0.1, 0.15) is 22.4 Å². The average molecular weight is 307 g/mol. The summed E-state index contributed by atoms with van der Waals surface area (Å²) >= 11 is 7.61. The van der Waals surface area contributed by atoms with Crippen LogP contribution >= 0.6 is 22.9 Å². The van der Waals surface area contributed by atoms with E-state index in [0.29, 0.717) is 11.8 Å². The van der Waals surface area contributed by atoms with Gasteiger partial charge in [-0.1, -0.05) is 6.07 Å². The second kappa shape index (κ2) is 5.11. The number of alkyl halides is 1. The maximum absolute atomic E-state index is 6.04. The second-order valence-corrected chi connectivity index (χ2v) is 6.00. The molecule has 0 aliphatic carbocycles. The highest BCUT2D eigenvalue weighted by atomic mass is 35.5. The molecular formula is C15H15ClN2OS. The highest BCUT2D eigenvalue weighted by Crippen LogP contribution is 2.32. The Kier molecular flexibility index (Phi) is 3.44. The molecule has 0 amide bonds. The summed E-state index contributed by atoms with van der Waals surface area (Å²) < 4.78 is 8.00. The second-order valence-electron chi connectivity index (χ2n) is 4.86. The number of thiazole rings is 1. The number of imidazole rings is 1. The number of aryl methyl sites for hydroxylation is 2. The van der Waals surface area contributed by atoms with E-state index in [1.54, 1.807) is 11.3 Å². The normalized spacial score (nSPS) is 11.2. The lowest BCUT2D eigenvalue weighted by atomic mass is 10.1. The highest BCUT2D eigenvalue weighted by molar-refractivity contribution is 7.15. The van der Waals surface area contributed by atoms with Gasteiger partial charge in [-0.25, -0.2) is 0 Å². The summed E-state index contributed by atoms with van der Waals surface area (Å²) in [4.78, 5) is 5.41. The van der Waals surface area contributed by atoms with Crippen molar-refractivity contribution < 1.29 is 4.74 Å². The molecule has 2 aromatic heterocycles. The summed E-state index contributed by atoms with van der Waals surface area (Å²) in [6.45, 7) is 6.21. The molecule has 3 rings (SSSR count). The van der Waals surface area contributed by atoms with Crippen molar-refractivity contribution in [1.82, 2.24) is 9.38 Å². The zero-order valence-corrected chi connectivity index (χ0v) is 13.2. The molecule has 20 heavy (non-hydrogen) atoms. The van der Waals surface area contributed by atoms with E-state index in [1.807, 2.05) is 22.0 Å². The summed E-state index contributed by atoms with van der Waals surface area (Å²) in [5, 5.41) is 1.99. The third kappa shape index (κ3) is 2.19. The van der Waals surface area contributed by atoms with E-state index < -0.39 is 0 Å². The van der Waals surface area contributed by atoms with Crippen LogP contribution in [-0.2, 0) is 5.88 Å². The third-order valence-corrected chi connectivity index (χ3v) is 4.43. The van der Waals surface area contributed by atoms with Crippen molar-refractivity contribution in [3.8, 4) is 11.6 Å². The fourth-order valence-electron chi connectivity index (χ4n) is 2.23. The van der Waals surface area contributed by atoms with E-state index in [-0.39, 0.29) is 0 Å². The molecule has 0 aliphatic heterocycles. The number of rotatable bonds is 3. The van der Waals surface area contributed by atoms with Crippen molar-refractivity contribution in [2.45, 2.75) is 26.7 Å². The first-order valence-electron chi connectivity index (χ1n) is 6.36. The minimum Gasteiger partial charge on any atom is -0.437 e. The van der Waals surface area contributed by atoms with Crippen molar-refractivity contribution in [3.63, 3.8) is 0 Å². The molecular weight excluding hydrogens is 292 g/mol. The van der Waals surface area contributed by atoms with E-state index in [1.165, 1.54) is 11.1 Å².